The lowest BCUT2D eigenvalue weighted by Crippen LogP contribution is -2.50. The first kappa shape index (κ1) is 27.5. The number of hydrazone groups is 1. The third-order valence-electron chi connectivity index (χ3n) is 6.64. The predicted molar refractivity (Wildman–Crippen MR) is 143 cm³/mol. The van der Waals surface area contributed by atoms with E-state index in [2.05, 4.69) is 10.2 Å². The van der Waals surface area contributed by atoms with Crippen molar-refractivity contribution in [1.29, 1.82) is 0 Å². The van der Waals surface area contributed by atoms with Crippen molar-refractivity contribution in [2.45, 2.75) is 32.4 Å². The number of methoxy groups -OCH3 is 1. The number of halogens is 1. The quantitative estimate of drug-likeness (QED) is 0.543. The average molecular weight is 526 g/mol. The molecule has 2 heterocycles. The molecule has 3 amide bonds. The molecule has 1 fully saturated rings. The first-order chi connectivity index (χ1) is 18.3. The number of carbonyl (C=O) groups excluding carboxylic acids is 2. The van der Waals surface area contributed by atoms with Crippen LogP contribution in [0.4, 0.5) is 9.18 Å². The number of morpholine rings is 1. The summed E-state index contributed by atoms with van der Waals surface area (Å²) in [5.74, 6) is 0.0317. The van der Waals surface area contributed by atoms with Crippen LogP contribution < -0.4 is 10.1 Å². The molecule has 0 aromatic heterocycles. The molecule has 0 aliphatic carbocycles. The van der Waals surface area contributed by atoms with Crippen molar-refractivity contribution in [2.75, 3.05) is 53.0 Å². The van der Waals surface area contributed by atoms with E-state index in [1.54, 1.807) is 24.1 Å². The lowest BCUT2D eigenvalue weighted by Gasteiger charge is -2.31. The summed E-state index contributed by atoms with van der Waals surface area (Å²) in [6.45, 7) is 7.58. The van der Waals surface area contributed by atoms with Gasteiger partial charge in [-0.3, -0.25) is 9.69 Å². The maximum absolute atomic E-state index is 13.7. The van der Waals surface area contributed by atoms with Gasteiger partial charge in [0.2, 0.25) is 0 Å². The van der Waals surface area contributed by atoms with Crippen LogP contribution in [0, 0.1) is 5.82 Å². The lowest BCUT2D eigenvalue weighted by atomic mass is 9.98. The zero-order valence-electron chi connectivity index (χ0n) is 22.2. The van der Waals surface area contributed by atoms with E-state index in [1.165, 1.54) is 17.1 Å². The first-order valence-corrected chi connectivity index (χ1v) is 13.0. The molecular formula is C28H36FN5O4. The minimum absolute atomic E-state index is 0.0695. The van der Waals surface area contributed by atoms with Crippen molar-refractivity contribution in [3.05, 3.63) is 65.5 Å². The highest BCUT2D eigenvalue weighted by Gasteiger charge is 2.34. The van der Waals surface area contributed by atoms with Gasteiger partial charge in [0.05, 0.1) is 32.1 Å². The third kappa shape index (κ3) is 7.08. The van der Waals surface area contributed by atoms with E-state index in [1.807, 2.05) is 38.1 Å². The maximum atomic E-state index is 13.7. The van der Waals surface area contributed by atoms with Crippen LogP contribution in [0.1, 0.15) is 37.4 Å². The van der Waals surface area contributed by atoms with Gasteiger partial charge in [0, 0.05) is 44.2 Å². The molecule has 0 radical (unpaired) electrons. The Morgan fingerprint density at radius 3 is 2.61 bits per heavy atom. The minimum atomic E-state index is -0.418. The smallest absolute Gasteiger partial charge is 0.318 e. The highest BCUT2D eigenvalue weighted by molar-refractivity contribution is 6.03. The van der Waals surface area contributed by atoms with Gasteiger partial charge in [-0.15, -0.1) is 0 Å². The summed E-state index contributed by atoms with van der Waals surface area (Å²) in [5.41, 5.74) is 2.33. The standard InChI is InChI=1S/C28H36FN5O4/c1-20(2)30-28(36)33(12-11-32-13-15-38-16-14-32)19-27(35)34-26(21-7-9-23(29)10-8-21)18-25(31-34)22-5-4-6-24(17-22)37-3/h4-10,17,20,26H,11-16,18-19H2,1-3H3,(H,30,36). The van der Waals surface area contributed by atoms with Crippen LogP contribution in [-0.2, 0) is 9.53 Å². The SMILES string of the molecule is COc1cccc(C2=NN(C(=O)CN(CCN3CCOCC3)C(=O)NC(C)C)C(c3ccc(F)cc3)C2)c1. The molecule has 204 valence electrons. The van der Waals surface area contributed by atoms with Crippen molar-refractivity contribution in [1.82, 2.24) is 20.1 Å². The van der Waals surface area contributed by atoms with E-state index in [9.17, 15) is 14.0 Å². The normalized spacial score (nSPS) is 17.9. The molecule has 0 saturated carbocycles. The Labute approximate surface area is 223 Å². The molecule has 2 aliphatic heterocycles. The molecule has 1 atom stereocenters. The minimum Gasteiger partial charge on any atom is -0.497 e. The molecule has 2 aromatic rings. The van der Waals surface area contributed by atoms with Crippen LogP contribution in [0.3, 0.4) is 0 Å². The van der Waals surface area contributed by atoms with Crippen LogP contribution in [0.5, 0.6) is 5.75 Å². The average Bonchev–Trinajstić information content (AvgIpc) is 3.37. The fraction of sp³-hybridized carbons (Fsp3) is 0.464. The number of hydrogen-bond donors (Lipinski definition) is 1. The molecule has 9 nitrogen and oxygen atoms in total. The number of benzene rings is 2. The van der Waals surface area contributed by atoms with Crippen LogP contribution in [0.25, 0.3) is 0 Å². The van der Waals surface area contributed by atoms with Gasteiger partial charge in [-0.2, -0.15) is 5.10 Å². The Bertz CT molecular complexity index is 1130. The number of urea groups is 1. The second-order valence-electron chi connectivity index (χ2n) is 9.77. The monoisotopic (exact) mass is 525 g/mol. The second kappa shape index (κ2) is 12.8. The second-order valence-corrected chi connectivity index (χ2v) is 9.77. The Balaban J connectivity index is 1.57. The lowest BCUT2D eigenvalue weighted by molar-refractivity contribution is -0.133. The largest absolute Gasteiger partial charge is 0.497 e. The summed E-state index contributed by atoms with van der Waals surface area (Å²) >= 11 is 0. The van der Waals surface area contributed by atoms with Gasteiger partial charge in [-0.25, -0.2) is 14.2 Å². The van der Waals surface area contributed by atoms with E-state index in [-0.39, 0.29) is 30.3 Å². The molecule has 0 spiro atoms. The van der Waals surface area contributed by atoms with Gasteiger partial charge in [0.25, 0.3) is 5.91 Å². The maximum Gasteiger partial charge on any atom is 0.318 e. The van der Waals surface area contributed by atoms with E-state index in [4.69, 9.17) is 14.6 Å². The number of nitrogens with zero attached hydrogens (tertiary/aromatic N) is 4. The van der Waals surface area contributed by atoms with Gasteiger partial charge in [0.1, 0.15) is 18.1 Å². The van der Waals surface area contributed by atoms with Crippen molar-refractivity contribution >= 4 is 17.6 Å². The van der Waals surface area contributed by atoms with Gasteiger partial charge in [0.15, 0.2) is 0 Å². The number of amides is 3. The summed E-state index contributed by atoms with van der Waals surface area (Å²) in [7, 11) is 1.60. The third-order valence-corrected chi connectivity index (χ3v) is 6.64. The molecule has 10 heteroatoms. The molecule has 1 unspecified atom stereocenters. The summed E-state index contributed by atoms with van der Waals surface area (Å²) in [6, 6.07) is 12.8. The van der Waals surface area contributed by atoms with Crippen LogP contribution in [0.15, 0.2) is 53.6 Å². The molecule has 38 heavy (non-hydrogen) atoms. The van der Waals surface area contributed by atoms with Crippen LogP contribution in [0.2, 0.25) is 0 Å². The number of hydrogen-bond acceptors (Lipinski definition) is 6. The molecule has 0 bridgehead atoms. The van der Waals surface area contributed by atoms with Crippen molar-refractivity contribution in [2.24, 2.45) is 5.10 Å². The van der Waals surface area contributed by atoms with Crippen LogP contribution in [-0.4, -0.2) is 91.5 Å². The first-order valence-electron chi connectivity index (χ1n) is 13.0. The van der Waals surface area contributed by atoms with Gasteiger partial charge < -0.3 is 19.7 Å². The highest BCUT2D eigenvalue weighted by Crippen LogP contribution is 2.33. The van der Waals surface area contributed by atoms with Gasteiger partial charge in [-0.1, -0.05) is 24.3 Å². The summed E-state index contributed by atoms with van der Waals surface area (Å²) in [5, 5.41) is 9.04. The Hall–Kier alpha value is -3.50. The Morgan fingerprint density at radius 2 is 1.92 bits per heavy atom. The number of ether oxygens (including phenoxy) is 2. The highest BCUT2D eigenvalue weighted by atomic mass is 19.1. The summed E-state index contributed by atoms with van der Waals surface area (Å²) < 4.78 is 24.5. The number of carbonyl (C=O) groups is 2. The Kier molecular flexibility index (Phi) is 9.30. The number of nitrogens with one attached hydrogen (secondary N) is 1. The fourth-order valence-corrected chi connectivity index (χ4v) is 4.58. The fourth-order valence-electron chi connectivity index (χ4n) is 4.58. The molecule has 4 rings (SSSR count). The summed E-state index contributed by atoms with van der Waals surface area (Å²) in [4.78, 5) is 30.5. The van der Waals surface area contributed by atoms with E-state index in [0.717, 1.165) is 29.9 Å². The van der Waals surface area contributed by atoms with E-state index >= 15 is 0 Å². The molecule has 1 saturated heterocycles. The zero-order valence-corrected chi connectivity index (χ0v) is 22.2. The topological polar surface area (TPSA) is 86.7 Å². The Morgan fingerprint density at radius 1 is 1.18 bits per heavy atom. The van der Waals surface area contributed by atoms with Gasteiger partial charge >= 0.3 is 6.03 Å². The van der Waals surface area contributed by atoms with Crippen molar-refractivity contribution in [3.8, 4) is 5.75 Å². The van der Waals surface area contributed by atoms with E-state index in [0.29, 0.717) is 38.5 Å². The molecular weight excluding hydrogens is 489 g/mol. The van der Waals surface area contributed by atoms with Crippen LogP contribution >= 0.6 is 0 Å². The molecule has 2 aromatic carbocycles. The van der Waals surface area contributed by atoms with Gasteiger partial charge in [-0.05, 0) is 43.7 Å². The van der Waals surface area contributed by atoms with Crippen molar-refractivity contribution < 1.29 is 23.5 Å². The predicted octanol–water partition coefficient (Wildman–Crippen LogP) is 3.26. The molecule has 2 aliphatic rings. The number of rotatable bonds is 9. The van der Waals surface area contributed by atoms with Crippen molar-refractivity contribution in [3.63, 3.8) is 0 Å². The molecule has 1 N–H and O–H groups in total. The zero-order chi connectivity index (χ0) is 27.1. The summed E-state index contributed by atoms with van der Waals surface area (Å²) in [6.07, 6.45) is 0.455. The van der Waals surface area contributed by atoms with E-state index < -0.39 is 6.04 Å².